The zero-order valence-corrected chi connectivity index (χ0v) is 13.0. The van der Waals surface area contributed by atoms with Gasteiger partial charge in [-0.15, -0.1) is 22.7 Å². The monoisotopic (exact) mass is 331 g/mol. The van der Waals surface area contributed by atoms with E-state index < -0.39 is 0 Å². The Hall–Kier alpha value is -0.230. The SMILES string of the molecule is CCC(CO)c1sc(-c2ccc(Br)s2)nc1C. The largest absolute Gasteiger partial charge is 0.396 e. The van der Waals surface area contributed by atoms with Crippen molar-refractivity contribution in [3.8, 4) is 9.88 Å². The summed E-state index contributed by atoms with van der Waals surface area (Å²) < 4.78 is 1.12. The van der Waals surface area contributed by atoms with Crippen molar-refractivity contribution in [2.45, 2.75) is 26.2 Å². The van der Waals surface area contributed by atoms with E-state index in [1.807, 2.05) is 13.0 Å². The van der Waals surface area contributed by atoms with E-state index in [9.17, 15) is 5.11 Å². The summed E-state index contributed by atoms with van der Waals surface area (Å²) in [4.78, 5) is 7.01. The molecule has 0 aliphatic carbocycles. The second kappa shape index (κ2) is 5.61. The smallest absolute Gasteiger partial charge is 0.133 e. The highest BCUT2D eigenvalue weighted by Crippen LogP contribution is 2.38. The summed E-state index contributed by atoms with van der Waals surface area (Å²) in [5, 5.41) is 10.4. The third-order valence-corrected chi connectivity index (χ3v) is 5.81. The highest BCUT2D eigenvalue weighted by atomic mass is 79.9. The van der Waals surface area contributed by atoms with Crippen LogP contribution >= 0.6 is 38.6 Å². The van der Waals surface area contributed by atoms with Crippen LogP contribution in [0.2, 0.25) is 0 Å². The fourth-order valence-electron chi connectivity index (χ4n) is 1.72. The fourth-order valence-corrected chi connectivity index (χ4v) is 4.40. The summed E-state index contributed by atoms with van der Waals surface area (Å²) in [6.45, 7) is 4.32. The predicted molar refractivity (Wildman–Crippen MR) is 78.0 cm³/mol. The Labute approximate surface area is 117 Å². The molecule has 5 heteroatoms. The number of hydrogen-bond donors (Lipinski definition) is 1. The molecule has 0 fully saturated rings. The van der Waals surface area contributed by atoms with Gasteiger partial charge in [0.1, 0.15) is 5.01 Å². The van der Waals surface area contributed by atoms with E-state index in [2.05, 4.69) is 33.9 Å². The second-order valence-electron chi connectivity index (χ2n) is 3.86. The number of aliphatic hydroxyl groups is 1. The minimum absolute atomic E-state index is 0.201. The van der Waals surface area contributed by atoms with Gasteiger partial charge < -0.3 is 5.11 Å². The van der Waals surface area contributed by atoms with Crippen molar-refractivity contribution in [1.82, 2.24) is 4.98 Å². The van der Waals surface area contributed by atoms with E-state index in [1.54, 1.807) is 22.7 Å². The average Bonchev–Trinajstić information content (AvgIpc) is 2.88. The van der Waals surface area contributed by atoms with E-state index in [4.69, 9.17) is 0 Å². The molecule has 2 rings (SSSR count). The maximum absolute atomic E-state index is 9.36. The second-order valence-corrected chi connectivity index (χ2v) is 7.35. The molecule has 0 amide bonds. The van der Waals surface area contributed by atoms with Crippen molar-refractivity contribution < 1.29 is 5.11 Å². The number of halogens is 1. The number of thiophene rings is 1. The lowest BCUT2D eigenvalue weighted by molar-refractivity contribution is 0.263. The molecule has 0 saturated heterocycles. The first-order chi connectivity index (χ1) is 8.15. The fraction of sp³-hybridized carbons (Fsp3) is 0.417. The molecule has 2 aromatic rings. The van der Waals surface area contributed by atoms with Gasteiger partial charge in [0.15, 0.2) is 0 Å². The van der Waals surface area contributed by atoms with Gasteiger partial charge in [-0.25, -0.2) is 4.98 Å². The number of nitrogens with zero attached hydrogens (tertiary/aromatic N) is 1. The lowest BCUT2D eigenvalue weighted by Gasteiger charge is -2.08. The first kappa shape index (κ1) is 13.2. The quantitative estimate of drug-likeness (QED) is 0.898. The van der Waals surface area contributed by atoms with Crippen LogP contribution in [-0.2, 0) is 0 Å². The molecular weight excluding hydrogens is 318 g/mol. The lowest BCUT2D eigenvalue weighted by Crippen LogP contribution is -2.01. The summed E-state index contributed by atoms with van der Waals surface area (Å²) in [7, 11) is 0. The molecule has 0 aromatic carbocycles. The minimum Gasteiger partial charge on any atom is -0.396 e. The molecule has 2 nitrogen and oxygen atoms in total. The highest BCUT2D eigenvalue weighted by molar-refractivity contribution is 9.11. The van der Waals surface area contributed by atoms with Gasteiger partial charge in [0, 0.05) is 10.8 Å². The molecule has 0 spiro atoms. The van der Waals surface area contributed by atoms with E-state index in [0.29, 0.717) is 0 Å². The Morgan fingerprint density at radius 3 is 2.71 bits per heavy atom. The molecule has 2 aromatic heterocycles. The van der Waals surface area contributed by atoms with Crippen molar-refractivity contribution >= 4 is 38.6 Å². The van der Waals surface area contributed by atoms with Gasteiger partial charge in [0.05, 0.1) is 21.0 Å². The van der Waals surface area contributed by atoms with Crippen LogP contribution in [0.3, 0.4) is 0 Å². The molecule has 2 heterocycles. The normalized spacial score (nSPS) is 12.9. The Morgan fingerprint density at radius 2 is 2.18 bits per heavy atom. The topological polar surface area (TPSA) is 33.1 Å². The van der Waals surface area contributed by atoms with Gasteiger partial charge in [0.25, 0.3) is 0 Å². The van der Waals surface area contributed by atoms with E-state index in [-0.39, 0.29) is 12.5 Å². The molecule has 17 heavy (non-hydrogen) atoms. The van der Waals surface area contributed by atoms with Crippen LogP contribution < -0.4 is 0 Å². The number of aromatic nitrogens is 1. The van der Waals surface area contributed by atoms with Crippen molar-refractivity contribution in [2.24, 2.45) is 0 Å². The molecule has 1 unspecified atom stereocenters. The van der Waals surface area contributed by atoms with E-state index in [0.717, 1.165) is 20.9 Å². The third-order valence-electron chi connectivity index (χ3n) is 2.70. The molecular formula is C12H14BrNOS2. The summed E-state index contributed by atoms with van der Waals surface area (Å²) in [5.41, 5.74) is 1.05. The van der Waals surface area contributed by atoms with Crippen LogP contribution in [0.15, 0.2) is 15.9 Å². The Bertz CT molecular complexity index is 502. The lowest BCUT2D eigenvalue weighted by atomic mass is 10.1. The van der Waals surface area contributed by atoms with Crippen LogP contribution in [-0.4, -0.2) is 16.7 Å². The maximum Gasteiger partial charge on any atom is 0.133 e. The van der Waals surface area contributed by atoms with Gasteiger partial charge in [0.2, 0.25) is 0 Å². The average molecular weight is 332 g/mol. The van der Waals surface area contributed by atoms with Crippen LogP contribution in [0.4, 0.5) is 0 Å². The highest BCUT2D eigenvalue weighted by Gasteiger charge is 2.17. The predicted octanol–water partition coefficient (Wildman–Crippen LogP) is 4.43. The first-order valence-corrected chi connectivity index (χ1v) is 7.92. The molecule has 0 aliphatic heterocycles. The number of aryl methyl sites for hydroxylation is 1. The van der Waals surface area contributed by atoms with Gasteiger partial charge in [-0.2, -0.15) is 0 Å². The van der Waals surface area contributed by atoms with Crippen LogP contribution in [0.1, 0.15) is 29.8 Å². The van der Waals surface area contributed by atoms with Crippen LogP contribution in [0.25, 0.3) is 9.88 Å². The van der Waals surface area contributed by atoms with Crippen molar-refractivity contribution in [2.75, 3.05) is 6.61 Å². The molecule has 1 N–H and O–H groups in total. The van der Waals surface area contributed by atoms with Gasteiger partial charge in [-0.1, -0.05) is 6.92 Å². The van der Waals surface area contributed by atoms with E-state index >= 15 is 0 Å². The maximum atomic E-state index is 9.36. The summed E-state index contributed by atoms with van der Waals surface area (Å²) >= 11 is 6.86. The standard InChI is InChI=1S/C12H14BrNOS2/c1-3-8(6-15)11-7(2)14-12(17-11)9-4-5-10(13)16-9/h4-5,8,15H,3,6H2,1-2H3. The molecule has 0 radical (unpaired) electrons. The first-order valence-electron chi connectivity index (χ1n) is 5.49. The summed E-state index contributed by atoms with van der Waals surface area (Å²) in [6, 6.07) is 4.12. The summed E-state index contributed by atoms with van der Waals surface area (Å²) in [6.07, 6.45) is 0.951. The molecule has 0 aliphatic rings. The minimum atomic E-state index is 0.201. The summed E-state index contributed by atoms with van der Waals surface area (Å²) in [5.74, 6) is 0.227. The Morgan fingerprint density at radius 1 is 1.41 bits per heavy atom. The Kier molecular flexibility index (Phi) is 4.36. The van der Waals surface area contributed by atoms with E-state index in [1.165, 1.54) is 9.75 Å². The zero-order valence-electron chi connectivity index (χ0n) is 9.74. The van der Waals surface area contributed by atoms with Crippen LogP contribution in [0, 0.1) is 6.92 Å². The molecule has 0 bridgehead atoms. The Balaban J connectivity index is 2.36. The number of thiazole rings is 1. The molecule has 1 atom stereocenters. The number of hydrogen-bond acceptors (Lipinski definition) is 4. The number of aliphatic hydroxyl groups excluding tert-OH is 1. The van der Waals surface area contributed by atoms with Gasteiger partial charge in [-0.3, -0.25) is 0 Å². The number of rotatable bonds is 4. The van der Waals surface area contributed by atoms with Gasteiger partial charge >= 0.3 is 0 Å². The zero-order chi connectivity index (χ0) is 12.4. The van der Waals surface area contributed by atoms with Gasteiger partial charge in [-0.05, 0) is 41.4 Å². The van der Waals surface area contributed by atoms with Crippen molar-refractivity contribution in [3.05, 3.63) is 26.5 Å². The van der Waals surface area contributed by atoms with Crippen molar-refractivity contribution in [3.63, 3.8) is 0 Å². The molecule has 92 valence electrons. The molecule has 0 saturated carbocycles. The third kappa shape index (κ3) is 2.78. The van der Waals surface area contributed by atoms with Crippen molar-refractivity contribution in [1.29, 1.82) is 0 Å². The van der Waals surface area contributed by atoms with Crippen LogP contribution in [0.5, 0.6) is 0 Å².